The van der Waals surface area contributed by atoms with Gasteiger partial charge in [0, 0.05) is 24.7 Å². The van der Waals surface area contributed by atoms with Gasteiger partial charge in [0.05, 0.1) is 16.9 Å². The number of non-ortho nitro benzene ring substituents is 1. The van der Waals surface area contributed by atoms with Crippen molar-refractivity contribution in [2.24, 2.45) is 0 Å². The van der Waals surface area contributed by atoms with Crippen molar-refractivity contribution in [1.82, 2.24) is 10.2 Å². The van der Waals surface area contributed by atoms with Crippen molar-refractivity contribution < 1.29 is 22.9 Å². The normalized spacial score (nSPS) is 12.2. The first-order valence-corrected chi connectivity index (χ1v) is 13.1. The molecule has 0 spiro atoms. The Morgan fingerprint density at radius 1 is 1.11 bits per heavy atom. The zero-order valence-corrected chi connectivity index (χ0v) is 21.4. The number of hydrogen-bond donors (Lipinski definition) is 1. The highest BCUT2D eigenvalue weighted by molar-refractivity contribution is 7.92. The standard InChI is InChI=1S/C24H32N4O6S/c1-6-22(24(30)25-17(2)3)26(15-19-10-7-9-18(4)13-19)23(29)16-27(35(5,33)34)20-11-8-12-21(14-20)28(31)32/h7-14,17,22H,6,15-16H2,1-5H3,(H,25,30)/t22-/m0/s1. The third-order valence-electron chi connectivity index (χ3n) is 5.26. The molecule has 190 valence electrons. The van der Waals surface area contributed by atoms with E-state index < -0.39 is 33.4 Å². The van der Waals surface area contributed by atoms with Gasteiger partial charge in [-0.2, -0.15) is 0 Å². The van der Waals surface area contributed by atoms with E-state index in [1.807, 2.05) is 45.0 Å². The zero-order valence-electron chi connectivity index (χ0n) is 20.6. The van der Waals surface area contributed by atoms with E-state index in [1.165, 1.54) is 23.1 Å². The van der Waals surface area contributed by atoms with Crippen LogP contribution >= 0.6 is 0 Å². The van der Waals surface area contributed by atoms with Gasteiger partial charge < -0.3 is 10.2 Å². The van der Waals surface area contributed by atoms with Crippen LogP contribution in [0.3, 0.4) is 0 Å². The summed E-state index contributed by atoms with van der Waals surface area (Å²) < 4.78 is 26.0. The molecule has 0 aliphatic carbocycles. The fraction of sp³-hybridized carbons (Fsp3) is 0.417. The van der Waals surface area contributed by atoms with Crippen molar-refractivity contribution in [2.75, 3.05) is 17.1 Å². The van der Waals surface area contributed by atoms with Gasteiger partial charge >= 0.3 is 0 Å². The first kappa shape index (κ1) is 27.8. The number of anilines is 1. The molecule has 0 aliphatic heterocycles. The third kappa shape index (κ3) is 7.78. The van der Waals surface area contributed by atoms with Crippen LogP contribution in [0.2, 0.25) is 0 Å². The molecule has 1 atom stereocenters. The largest absolute Gasteiger partial charge is 0.352 e. The molecule has 0 aliphatic rings. The molecule has 0 heterocycles. The maximum Gasteiger partial charge on any atom is 0.271 e. The minimum atomic E-state index is -3.98. The maximum atomic E-state index is 13.6. The molecule has 0 radical (unpaired) electrons. The lowest BCUT2D eigenvalue weighted by Gasteiger charge is -2.33. The number of nitro groups is 1. The van der Waals surface area contributed by atoms with Gasteiger partial charge in [-0.05, 0) is 38.8 Å². The van der Waals surface area contributed by atoms with E-state index in [-0.39, 0.29) is 29.9 Å². The molecule has 2 amide bonds. The number of amides is 2. The van der Waals surface area contributed by atoms with Crippen molar-refractivity contribution in [3.05, 3.63) is 69.8 Å². The highest BCUT2D eigenvalue weighted by Crippen LogP contribution is 2.24. The van der Waals surface area contributed by atoms with Crippen molar-refractivity contribution in [3.63, 3.8) is 0 Å². The quantitative estimate of drug-likeness (QED) is 0.370. The van der Waals surface area contributed by atoms with Gasteiger partial charge in [0.1, 0.15) is 12.6 Å². The van der Waals surface area contributed by atoms with Crippen LogP contribution in [-0.2, 0) is 26.2 Å². The molecule has 2 aromatic carbocycles. The Hall–Kier alpha value is -3.47. The predicted molar refractivity (Wildman–Crippen MR) is 134 cm³/mol. The Balaban J connectivity index is 2.48. The molecule has 0 saturated carbocycles. The minimum Gasteiger partial charge on any atom is -0.352 e. The van der Waals surface area contributed by atoms with Gasteiger partial charge in [-0.3, -0.25) is 24.0 Å². The number of carbonyl (C=O) groups is 2. The number of aryl methyl sites for hydroxylation is 1. The molecule has 0 unspecified atom stereocenters. The molecule has 1 N–H and O–H groups in total. The fourth-order valence-electron chi connectivity index (χ4n) is 3.68. The lowest BCUT2D eigenvalue weighted by molar-refractivity contribution is -0.384. The first-order valence-electron chi connectivity index (χ1n) is 11.2. The van der Waals surface area contributed by atoms with E-state index in [1.54, 1.807) is 6.92 Å². The first-order chi connectivity index (χ1) is 16.3. The third-order valence-corrected chi connectivity index (χ3v) is 6.40. The molecular weight excluding hydrogens is 472 g/mol. The summed E-state index contributed by atoms with van der Waals surface area (Å²) in [6.07, 6.45) is 1.23. The summed E-state index contributed by atoms with van der Waals surface area (Å²) in [6.45, 7) is 6.78. The molecule has 35 heavy (non-hydrogen) atoms. The van der Waals surface area contributed by atoms with Crippen LogP contribution in [0.15, 0.2) is 48.5 Å². The number of rotatable bonds is 11. The maximum absolute atomic E-state index is 13.6. The Morgan fingerprint density at radius 2 is 1.77 bits per heavy atom. The summed E-state index contributed by atoms with van der Waals surface area (Å²) >= 11 is 0. The summed E-state index contributed by atoms with van der Waals surface area (Å²) in [5.74, 6) is -0.945. The monoisotopic (exact) mass is 504 g/mol. The van der Waals surface area contributed by atoms with Crippen molar-refractivity contribution in [1.29, 1.82) is 0 Å². The van der Waals surface area contributed by atoms with Crippen molar-refractivity contribution in [3.8, 4) is 0 Å². The van der Waals surface area contributed by atoms with Gasteiger partial charge in [-0.1, -0.05) is 42.8 Å². The second kappa shape index (κ2) is 11.8. The van der Waals surface area contributed by atoms with Crippen LogP contribution in [-0.4, -0.2) is 54.9 Å². The Labute approximate surface area is 206 Å². The lowest BCUT2D eigenvalue weighted by Crippen LogP contribution is -2.53. The van der Waals surface area contributed by atoms with Crippen LogP contribution < -0.4 is 9.62 Å². The molecule has 0 fully saturated rings. The number of nitro benzene ring substituents is 1. The fourth-order valence-corrected chi connectivity index (χ4v) is 4.52. The molecule has 10 nitrogen and oxygen atoms in total. The van der Waals surface area contributed by atoms with Crippen LogP contribution in [0.25, 0.3) is 0 Å². The Bertz CT molecular complexity index is 1180. The predicted octanol–water partition coefficient (Wildman–Crippen LogP) is 3.00. The molecule has 2 aromatic rings. The number of nitrogens with one attached hydrogen (secondary N) is 1. The van der Waals surface area contributed by atoms with E-state index in [0.717, 1.165) is 27.8 Å². The second-order valence-corrected chi connectivity index (χ2v) is 10.6. The number of hydrogen-bond acceptors (Lipinski definition) is 6. The van der Waals surface area contributed by atoms with Gasteiger partial charge in [-0.25, -0.2) is 8.42 Å². The van der Waals surface area contributed by atoms with Gasteiger partial charge in [-0.15, -0.1) is 0 Å². The number of benzene rings is 2. The average Bonchev–Trinajstić information content (AvgIpc) is 2.76. The molecule has 0 aromatic heterocycles. The van der Waals surface area contributed by atoms with E-state index >= 15 is 0 Å². The molecule has 11 heteroatoms. The van der Waals surface area contributed by atoms with E-state index in [0.29, 0.717) is 6.42 Å². The van der Waals surface area contributed by atoms with E-state index in [9.17, 15) is 28.1 Å². The van der Waals surface area contributed by atoms with E-state index in [2.05, 4.69) is 5.32 Å². The highest BCUT2D eigenvalue weighted by atomic mass is 32.2. The number of nitrogens with zero attached hydrogens (tertiary/aromatic N) is 3. The molecular formula is C24H32N4O6S. The summed E-state index contributed by atoms with van der Waals surface area (Å²) in [7, 11) is -3.98. The summed E-state index contributed by atoms with van der Waals surface area (Å²) in [4.78, 5) is 38.4. The SMILES string of the molecule is CC[C@@H](C(=O)NC(C)C)N(Cc1cccc(C)c1)C(=O)CN(c1cccc([N+](=O)[O-])c1)S(C)(=O)=O. The van der Waals surface area contributed by atoms with Gasteiger partial charge in [0.15, 0.2) is 0 Å². The molecule has 0 saturated heterocycles. The zero-order chi connectivity index (χ0) is 26.3. The van der Waals surface area contributed by atoms with Crippen LogP contribution in [0.4, 0.5) is 11.4 Å². The average molecular weight is 505 g/mol. The number of sulfonamides is 1. The van der Waals surface area contributed by atoms with Gasteiger partial charge in [0.25, 0.3) is 5.69 Å². The van der Waals surface area contributed by atoms with Crippen molar-refractivity contribution >= 4 is 33.2 Å². The molecule has 2 rings (SSSR count). The number of carbonyl (C=O) groups excluding carboxylic acids is 2. The summed E-state index contributed by atoms with van der Waals surface area (Å²) in [6, 6.07) is 11.6. The second-order valence-electron chi connectivity index (χ2n) is 8.64. The lowest BCUT2D eigenvalue weighted by atomic mass is 10.1. The Kier molecular flexibility index (Phi) is 9.35. The van der Waals surface area contributed by atoms with Crippen LogP contribution in [0, 0.1) is 17.0 Å². The van der Waals surface area contributed by atoms with Crippen LogP contribution in [0.1, 0.15) is 38.3 Å². The topological polar surface area (TPSA) is 130 Å². The van der Waals surface area contributed by atoms with Gasteiger partial charge in [0.2, 0.25) is 21.8 Å². The van der Waals surface area contributed by atoms with E-state index in [4.69, 9.17) is 0 Å². The Morgan fingerprint density at radius 3 is 2.31 bits per heavy atom. The minimum absolute atomic E-state index is 0.00904. The smallest absolute Gasteiger partial charge is 0.271 e. The summed E-state index contributed by atoms with van der Waals surface area (Å²) in [5, 5.41) is 14.0. The summed E-state index contributed by atoms with van der Waals surface area (Å²) in [5.41, 5.74) is 1.45. The van der Waals surface area contributed by atoms with Crippen LogP contribution in [0.5, 0.6) is 0 Å². The molecule has 0 bridgehead atoms. The highest BCUT2D eigenvalue weighted by Gasteiger charge is 2.32. The van der Waals surface area contributed by atoms with Crippen molar-refractivity contribution in [2.45, 2.75) is 52.7 Å².